The molecule has 4 unspecified atom stereocenters. The summed E-state index contributed by atoms with van der Waals surface area (Å²) in [6, 6.07) is 0. The fraction of sp³-hybridized carbons (Fsp3) is 1.00. The van der Waals surface area contributed by atoms with E-state index in [1.54, 1.807) is 0 Å². The number of hydrogen-bond donors (Lipinski definition) is 0. The molecule has 1 rings (SSSR count). The van der Waals surface area contributed by atoms with Crippen LogP contribution in [0.25, 0.3) is 0 Å². The van der Waals surface area contributed by atoms with Gasteiger partial charge >= 0.3 is 12.2 Å². The molecule has 0 bridgehead atoms. The maximum absolute atomic E-state index is 14.8. The highest BCUT2D eigenvalue weighted by Crippen LogP contribution is 2.58. The molecule has 20 heavy (non-hydrogen) atoms. The third-order valence-corrected chi connectivity index (χ3v) is 3.85. The lowest BCUT2D eigenvalue weighted by molar-refractivity contribution is -0.578. The van der Waals surface area contributed by atoms with E-state index in [9.17, 15) is 26.3 Å². The summed E-state index contributed by atoms with van der Waals surface area (Å²) >= 11 is 0. The van der Waals surface area contributed by atoms with E-state index in [-0.39, 0.29) is 12.8 Å². The van der Waals surface area contributed by atoms with Crippen molar-refractivity contribution in [2.75, 3.05) is 0 Å². The van der Waals surface area contributed by atoms with E-state index in [1.807, 2.05) is 0 Å². The molecule has 1 heterocycles. The van der Waals surface area contributed by atoms with Crippen molar-refractivity contribution in [2.45, 2.75) is 64.5 Å². The first-order valence-electron chi connectivity index (χ1n) is 6.41. The van der Waals surface area contributed by atoms with Crippen molar-refractivity contribution in [3.05, 3.63) is 0 Å². The molecule has 0 saturated carbocycles. The minimum atomic E-state index is -5.24. The van der Waals surface area contributed by atoms with Crippen LogP contribution < -0.4 is 0 Å². The Hall–Kier alpha value is -0.500. The van der Waals surface area contributed by atoms with Crippen LogP contribution in [0.2, 0.25) is 0 Å². The van der Waals surface area contributed by atoms with Gasteiger partial charge in [0, 0.05) is 11.8 Å². The Bertz CT molecular complexity index is 330. The molecule has 0 aromatic carbocycles. The number of alkyl halides is 6. The van der Waals surface area contributed by atoms with Gasteiger partial charge in [0.2, 0.25) is 0 Å². The van der Waals surface area contributed by atoms with Gasteiger partial charge < -0.3 is 0 Å². The normalized spacial score (nSPS) is 39.3. The monoisotopic (exact) mass is 308 g/mol. The molecule has 1 aliphatic heterocycles. The van der Waals surface area contributed by atoms with Crippen molar-refractivity contribution in [3.8, 4) is 0 Å². The molecule has 0 radical (unpaired) electrons. The Balaban J connectivity index is 3.37. The lowest BCUT2D eigenvalue weighted by Crippen LogP contribution is -2.71. The van der Waals surface area contributed by atoms with Crippen LogP contribution in [0.1, 0.15) is 40.5 Å². The summed E-state index contributed by atoms with van der Waals surface area (Å²) in [6.07, 6.45) is -10.7. The first-order chi connectivity index (χ1) is 8.88. The second-order valence-corrected chi connectivity index (χ2v) is 5.15. The average Bonchev–Trinajstić information content (AvgIpc) is 2.33. The Labute approximate surface area is 113 Å². The topological polar surface area (TPSA) is 18.5 Å². The summed E-state index contributed by atoms with van der Waals surface area (Å²) in [5, 5.41) is 0. The van der Waals surface area contributed by atoms with Crippen molar-refractivity contribution >= 4 is 0 Å². The van der Waals surface area contributed by atoms with Crippen LogP contribution in [0.3, 0.4) is 0 Å². The number of halogens is 6. The van der Waals surface area contributed by atoms with Gasteiger partial charge in [-0.2, -0.15) is 17.6 Å². The second-order valence-electron chi connectivity index (χ2n) is 5.15. The minimum absolute atomic E-state index is 0.0936. The zero-order valence-electron chi connectivity index (χ0n) is 11.7. The van der Waals surface area contributed by atoms with Crippen LogP contribution >= 0.6 is 0 Å². The molecular weight excluding hydrogens is 290 g/mol. The smallest absolute Gasteiger partial charge is 0.270 e. The fourth-order valence-electron chi connectivity index (χ4n) is 2.03. The van der Waals surface area contributed by atoms with Gasteiger partial charge in [-0.25, -0.2) is 8.78 Å². The quantitative estimate of drug-likeness (QED) is 0.704. The standard InChI is InChI=1S/C12H18F6O2/c1-5-7(3)9(13)10(14,8(4)6-2)20-12(17,18)11(15,16)19-9/h7-8H,5-6H2,1-4H3. The average molecular weight is 308 g/mol. The van der Waals surface area contributed by atoms with Gasteiger partial charge in [0.05, 0.1) is 0 Å². The fourth-order valence-corrected chi connectivity index (χ4v) is 2.03. The zero-order chi connectivity index (χ0) is 16.0. The second kappa shape index (κ2) is 5.05. The highest BCUT2D eigenvalue weighted by molar-refractivity contribution is 4.99. The van der Waals surface area contributed by atoms with Crippen LogP contribution in [0.15, 0.2) is 0 Å². The predicted molar refractivity (Wildman–Crippen MR) is 58.7 cm³/mol. The van der Waals surface area contributed by atoms with Crippen molar-refractivity contribution in [3.63, 3.8) is 0 Å². The highest BCUT2D eigenvalue weighted by Gasteiger charge is 2.79. The first kappa shape index (κ1) is 17.6. The van der Waals surface area contributed by atoms with Gasteiger partial charge in [0.1, 0.15) is 0 Å². The Morgan fingerprint density at radius 1 is 0.700 bits per heavy atom. The number of ether oxygens (including phenoxy) is 2. The molecule has 0 aromatic heterocycles. The van der Waals surface area contributed by atoms with E-state index in [0.717, 1.165) is 13.8 Å². The van der Waals surface area contributed by atoms with Crippen molar-refractivity contribution in [2.24, 2.45) is 11.8 Å². The van der Waals surface area contributed by atoms with Gasteiger partial charge in [-0.1, -0.05) is 27.7 Å². The van der Waals surface area contributed by atoms with Gasteiger partial charge in [-0.05, 0) is 12.8 Å². The Morgan fingerprint density at radius 3 is 1.15 bits per heavy atom. The summed E-state index contributed by atoms with van der Waals surface area (Å²) < 4.78 is 89.5. The molecule has 120 valence electrons. The van der Waals surface area contributed by atoms with Gasteiger partial charge in [0.25, 0.3) is 11.7 Å². The Morgan fingerprint density at radius 2 is 0.950 bits per heavy atom. The largest absolute Gasteiger partial charge is 0.451 e. The lowest BCUT2D eigenvalue weighted by atomic mass is 9.83. The van der Waals surface area contributed by atoms with Gasteiger partial charge in [-0.15, -0.1) is 0 Å². The molecule has 1 aliphatic rings. The third kappa shape index (κ3) is 2.30. The van der Waals surface area contributed by atoms with Gasteiger partial charge in [-0.3, -0.25) is 9.47 Å². The minimum Gasteiger partial charge on any atom is -0.270 e. The molecular formula is C12H18F6O2. The van der Waals surface area contributed by atoms with Crippen LogP contribution in [0.4, 0.5) is 26.3 Å². The summed E-state index contributed by atoms with van der Waals surface area (Å²) in [6.45, 7) is 4.99. The van der Waals surface area contributed by atoms with Crippen LogP contribution in [-0.4, -0.2) is 23.9 Å². The van der Waals surface area contributed by atoms with Crippen molar-refractivity contribution in [1.29, 1.82) is 0 Å². The summed E-state index contributed by atoms with van der Waals surface area (Å²) in [7, 11) is 0. The number of hydrogen-bond acceptors (Lipinski definition) is 2. The maximum atomic E-state index is 14.8. The molecule has 0 aliphatic carbocycles. The molecule has 0 amide bonds. The molecule has 0 aromatic rings. The van der Waals surface area contributed by atoms with Crippen LogP contribution in [0.5, 0.6) is 0 Å². The van der Waals surface area contributed by atoms with Crippen LogP contribution in [0, 0.1) is 11.8 Å². The summed E-state index contributed by atoms with van der Waals surface area (Å²) in [5.74, 6) is -10.1. The van der Waals surface area contributed by atoms with E-state index >= 15 is 0 Å². The van der Waals surface area contributed by atoms with E-state index < -0.39 is 35.8 Å². The molecule has 1 fully saturated rings. The third-order valence-electron chi connectivity index (χ3n) is 3.85. The summed E-state index contributed by atoms with van der Waals surface area (Å²) in [4.78, 5) is 0. The molecule has 1 saturated heterocycles. The molecule has 0 N–H and O–H groups in total. The molecule has 8 heteroatoms. The zero-order valence-corrected chi connectivity index (χ0v) is 11.7. The molecule has 4 atom stereocenters. The lowest BCUT2D eigenvalue weighted by Gasteiger charge is -2.51. The highest BCUT2D eigenvalue weighted by atomic mass is 19.3. The first-order valence-corrected chi connectivity index (χ1v) is 6.41. The molecule has 0 spiro atoms. The number of rotatable bonds is 4. The molecule has 2 nitrogen and oxygen atoms in total. The van der Waals surface area contributed by atoms with Gasteiger partial charge in [0.15, 0.2) is 0 Å². The van der Waals surface area contributed by atoms with E-state index in [2.05, 4.69) is 9.47 Å². The van der Waals surface area contributed by atoms with E-state index in [4.69, 9.17) is 0 Å². The van der Waals surface area contributed by atoms with E-state index in [0.29, 0.717) is 0 Å². The predicted octanol–water partition coefficient (Wildman–Crippen LogP) is 4.64. The Kier molecular flexibility index (Phi) is 4.43. The van der Waals surface area contributed by atoms with E-state index in [1.165, 1.54) is 13.8 Å². The maximum Gasteiger partial charge on any atom is 0.451 e. The SMILES string of the molecule is CCC(C)C1(F)OC(F)(F)C(F)(F)OC1(F)C(C)CC. The van der Waals surface area contributed by atoms with Crippen molar-refractivity contribution < 1.29 is 35.8 Å². The van der Waals surface area contributed by atoms with Crippen molar-refractivity contribution in [1.82, 2.24) is 0 Å². The summed E-state index contributed by atoms with van der Waals surface area (Å²) in [5.41, 5.74) is 0. The van der Waals surface area contributed by atoms with Crippen LogP contribution in [-0.2, 0) is 9.47 Å².